The van der Waals surface area contributed by atoms with Crippen molar-refractivity contribution in [3.63, 3.8) is 0 Å². The van der Waals surface area contributed by atoms with Crippen LogP contribution in [0.15, 0.2) is 125 Å². The Balaban J connectivity index is 0.000000175. The standard InChI is InChI=1S/C11H8BrN2.2C11H6F2N.Ir/c12-9-3-5-10(6-4-9)14-8-11-2-1-7-13-11;2*12-8-4-5-9(10(13)7-8)11-3-1-2-6-14-11;/h1-8H;2*1-4,6-7H;/q3*-1;. The number of hydrogen-bond donors (Lipinski definition) is 0. The molecule has 219 valence electrons. The van der Waals surface area contributed by atoms with Crippen molar-refractivity contribution in [3.05, 3.63) is 161 Å². The first-order valence-electron chi connectivity index (χ1n) is 12.3. The SMILES string of the molecule is Brc1ccc(N=Cc2ccc[n-]2)cc1.Fc1c[c-]c(-c2ccccn2)c(F)c1.Fc1c[c-]c(-c2ccccn2)c(F)c1.[Ir]. The molecule has 0 saturated carbocycles. The Morgan fingerprint density at radius 1 is 0.698 bits per heavy atom. The summed E-state index contributed by atoms with van der Waals surface area (Å²) in [5.41, 5.74) is 3.08. The van der Waals surface area contributed by atoms with Crippen LogP contribution < -0.4 is 4.98 Å². The molecule has 4 nitrogen and oxygen atoms in total. The molecule has 3 aromatic carbocycles. The molecule has 0 aliphatic heterocycles. The molecule has 6 rings (SSSR count). The zero-order valence-corrected chi connectivity index (χ0v) is 26.0. The van der Waals surface area contributed by atoms with Crippen molar-refractivity contribution < 1.29 is 37.7 Å². The van der Waals surface area contributed by atoms with Crippen LogP contribution in [0.2, 0.25) is 0 Å². The molecule has 0 spiro atoms. The van der Waals surface area contributed by atoms with E-state index in [0.29, 0.717) is 11.4 Å². The first-order chi connectivity index (χ1) is 20.4. The summed E-state index contributed by atoms with van der Waals surface area (Å²) in [7, 11) is 0. The van der Waals surface area contributed by atoms with Crippen LogP contribution in [0.5, 0.6) is 0 Å². The van der Waals surface area contributed by atoms with Crippen LogP contribution >= 0.6 is 15.9 Å². The number of rotatable bonds is 4. The maximum absolute atomic E-state index is 13.2. The molecule has 0 bridgehead atoms. The van der Waals surface area contributed by atoms with E-state index in [4.69, 9.17) is 0 Å². The van der Waals surface area contributed by atoms with E-state index < -0.39 is 23.3 Å². The fourth-order valence-electron chi connectivity index (χ4n) is 3.36. The van der Waals surface area contributed by atoms with Gasteiger partial charge in [-0.15, -0.1) is 30.0 Å². The molecule has 0 unspecified atom stereocenters. The van der Waals surface area contributed by atoms with Gasteiger partial charge in [-0.05, 0) is 47.8 Å². The Morgan fingerprint density at radius 3 is 1.65 bits per heavy atom. The fraction of sp³-hybridized carbons (Fsp3) is 0. The first-order valence-corrected chi connectivity index (χ1v) is 13.1. The maximum Gasteiger partial charge on any atom is 0.0629 e. The van der Waals surface area contributed by atoms with E-state index in [9.17, 15) is 17.6 Å². The van der Waals surface area contributed by atoms with Crippen molar-refractivity contribution in [2.24, 2.45) is 4.99 Å². The average molecular weight is 821 g/mol. The van der Waals surface area contributed by atoms with Crippen LogP contribution in [0.4, 0.5) is 23.2 Å². The van der Waals surface area contributed by atoms with Gasteiger partial charge in [0.2, 0.25) is 0 Å². The number of aromatic nitrogens is 3. The molecular weight excluding hydrogens is 801 g/mol. The van der Waals surface area contributed by atoms with Gasteiger partial charge < -0.3 is 15.0 Å². The average Bonchev–Trinajstić information content (AvgIpc) is 3.52. The minimum absolute atomic E-state index is 0. The normalized spacial score (nSPS) is 10.2. The minimum Gasteiger partial charge on any atom is -0.663 e. The smallest absolute Gasteiger partial charge is 0.0629 e. The Hall–Kier alpha value is -4.24. The van der Waals surface area contributed by atoms with Crippen LogP contribution in [-0.2, 0) is 20.1 Å². The van der Waals surface area contributed by atoms with E-state index in [1.807, 2.05) is 36.4 Å². The van der Waals surface area contributed by atoms with Crippen molar-refractivity contribution >= 4 is 27.8 Å². The molecule has 0 amide bonds. The Morgan fingerprint density at radius 2 is 1.23 bits per heavy atom. The molecule has 0 aliphatic rings. The van der Waals surface area contributed by atoms with Crippen molar-refractivity contribution in [1.82, 2.24) is 15.0 Å². The summed E-state index contributed by atoms with van der Waals surface area (Å²) in [5.74, 6) is -2.57. The van der Waals surface area contributed by atoms with Crippen LogP contribution in [0, 0.1) is 35.4 Å². The molecule has 0 saturated heterocycles. The van der Waals surface area contributed by atoms with Gasteiger partial charge in [0, 0.05) is 66.5 Å². The monoisotopic (exact) mass is 820 g/mol. The number of pyridine rings is 2. The summed E-state index contributed by atoms with van der Waals surface area (Å²) in [6.07, 6.45) is 6.60. The van der Waals surface area contributed by atoms with E-state index >= 15 is 0 Å². The number of halogens is 5. The predicted molar refractivity (Wildman–Crippen MR) is 158 cm³/mol. The van der Waals surface area contributed by atoms with Gasteiger partial charge in [0.1, 0.15) is 0 Å². The molecule has 0 N–H and O–H groups in total. The molecule has 1 radical (unpaired) electrons. The fourth-order valence-corrected chi connectivity index (χ4v) is 3.63. The van der Waals surface area contributed by atoms with Gasteiger partial charge in [0.15, 0.2) is 0 Å². The Kier molecular flexibility index (Phi) is 13.2. The van der Waals surface area contributed by atoms with Crippen molar-refractivity contribution in [2.75, 3.05) is 0 Å². The van der Waals surface area contributed by atoms with Gasteiger partial charge in [0.25, 0.3) is 0 Å². The third-order valence-corrected chi connectivity index (χ3v) is 5.84. The van der Waals surface area contributed by atoms with Gasteiger partial charge in [0.05, 0.1) is 5.69 Å². The van der Waals surface area contributed by atoms with Gasteiger partial charge in [-0.3, -0.25) is 22.6 Å². The predicted octanol–water partition coefficient (Wildman–Crippen LogP) is 8.81. The number of nitrogens with zero attached hydrogens (tertiary/aromatic N) is 4. The van der Waals surface area contributed by atoms with E-state index in [1.54, 1.807) is 61.2 Å². The zero-order valence-electron chi connectivity index (χ0n) is 22.1. The van der Waals surface area contributed by atoms with Gasteiger partial charge in [-0.2, -0.15) is 6.20 Å². The molecule has 3 aromatic heterocycles. The second-order valence-corrected chi connectivity index (χ2v) is 9.22. The summed E-state index contributed by atoms with van der Waals surface area (Å²) in [5, 5.41) is 0. The molecule has 6 aromatic rings. The van der Waals surface area contributed by atoms with Gasteiger partial charge >= 0.3 is 0 Å². The molecular formula is C33H20BrF4IrN4-3. The van der Waals surface area contributed by atoms with Crippen LogP contribution in [-0.4, -0.2) is 16.2 Å². The summed E-state index contributed by atoms with van der Waals surface area (Å²) in [6, 6.07) is 30.7. The summed E-state index contributed by atoms with van der Waals surface area (Å²) < 4.78 is 52.7. The van der Waals surface area contributed by atoms with E-state index in [0.717, 1.165) is 40.1 Å². The van der Waals surface area contributed by atoms with Crippen molar-refractivity contribution in [1.29, 1.82) is 0 Å². The second-order valence-electron chi connectivity index (χ2n) is 8.31. The van der Waals surface area contributed by atoms with E-state index in [1.165, 1.54) is 0 Å². The summed E-state index contributed by atoms with van der Waals surface area (Å²) in [4.78, 5) is 16.3. The third kappa shape index (κ3) is 10.5. The van der Waals surface area contributed by atoms with Crippen LogP contribution in [0.3, 0.4) is 0 Å². The third-order valence-electron chi connectivity index (χ3n) is 5.31. The molecule has 3 heterocycles. The Labute approximate surface area is 268 Å². The maximum atomic E-state index is 13.2. The molecule has 0 atom stereocenters. The van der Waals surface area contributed by atoms with E-state index in [-0.39, 0.29) is 31.2 Å². The quantitative estimate of drug-likeness (QED) is 0.102. The van der Waals surface area contributed by atoms with E-state index in [2.05, 4.69) is 48.0 Å². The Bertz CT molecular complexity index is 1630. The number of hydrogen-bond acceptors (Lipinski definition) is 3. The minimum atomic E-state index is -0.649. The van der Waals surface area contributed by atoms with Crippen LogP contribution in [0.1, 0.15) is 5.69 Å². The summed E-state index contributed by atoms with van der Waals surface area (Å²) in [6.45, 7) is 0. The number of aliphatic imine (C=N–C) groups is 1. The topological polar surface area (TPSA) is 52.2 Å². The largest absolute Gasteiger partial charge is 0.663 e. The molecule has 0 fully saturated rings. The van der Waals surface area contributed by atoms with Gasteiger partial charge in [-0.25, -0.2) is 0 Å². The molecule has 10 heteroatoms. The first kappa shape index (κ1) is 33.3. The zero-order chi connectivity index (χ0) is 29.7. The van der Waals surface area contributed by atoms with Crippen LogP contribution in [0.25, 0.3) is 22.5 Å². The molecule has 0 aliphatic carbocycles. The number of benzene rings is 3. The molecule has 43 heavy (non-hydrogen) atoms. The van der Waals surface area contributed by atoms with Gasteiger partial charge in [-0.1, -0.05) is 75.6 Å². The van der Waals surface area contributed by atoms with Crippen molar-refractivity contribution in [2.45, 2.75) is 0 Å². The van der Waals surface area contributed by atoms with Crippen molar-refractivity contribution in [3.8, 4) is 22.5 Å². The summed E-state index contributed by atoms with van der Waals surface area (Å²) >= 11 is 3.37. The second kappa shape index (κ2) is 17.0.